The predicted octanol–water partition coefficient (Wildman–Crippen LogP) is 4.26. The van der Waals surface area contributed by atoms with Gasteiger partial charge in [-0.25, -0.2) is 0 Å². The summed E-state index contributed by atoms with van der Waals surface area (Å²) in [6.07, 6.45) is 0.771. The fourth-order valence-electron chi connectivity index (χ4n) is 3.04. The van der Waals surface area contributed by atoms with Crippen LogP contribution in [0.25, 0.3) is 9.75 Å². The third-order valence-electron chi connectivity index (χ3n) is 3.51. The number of fused-ring (bicyclic) bond motifs is 3. The highest BCUT2D eigenvalue weighted by atomic mass is 32.1. The Bertz CT molecular complexity index is 517. The summed E-state index contributed by atoms with van der Waals surface area (Å²) in [7, 11) is 0. The van der Waals surface area contributed by atoms with E-state index in [1.807, 2.05) is 36.5 Å². The highest BCUT2D eigenvalue weighted by molar-refractivity contribution is 7.21. The molecule has 0 bridgehead atoms. The van der Waals surface area contributed by atoms with Crippen LogP contribution < -0.4 is 0 Å². The average molecular weight is 264 g/mol. The molecule has 2 aromatic rings. The smallest absolute Gasteiger partial charge is 0.0603 e. The van der Waals surface area contributed by atoms with Gasteiger partial charge in [-0.05, 0) is 54.3 Å². The van der Waals surface area contributed by atoms with Gasteiger partial charge in [0.2, 0.25) is 0 Å². The molecule has 0 fully saturated rings. The first kappa shape index (κ1) is 11.5. The zero-order valence-corrected chi connectivity index (χ0v) is 11.9. The zero-order chi connectivity index (χ0) is 12.3. The van der Waals surface area contributed by atoms with Gasteiger partial charge in [0, 0.05) is 15.2 Å². The van der Waals surface area contributed by atoms with Crippen LogP contribution in [-0.2, 0) is 5.41 Å². The van der Waals surface area contributed by atoms with Crippen LogP contribution in [0.3, 0.4) is 0 Å². The third-order valence-corrected chi connectivity index (χ3v) is 5.50. The van der Waals surface area contributed by atoms with Gasteiger partial charge in [-0.1, -0.05) is 6.92 Å². The molecule has 1 N–H and O–H groups in total. The summed E-state index contributed by atoms with van der Waals surface area (Å²) < 4.78 is 0. The van der Waals surface area contributed by atoms with Crippen LogP contribution in [0.4, 0.5) is 0 Å². The summed E-state index contributed by atoms with van der Waals surface area (Å²) in [5, 5.41) is 14.5. The molecule has 0 radical (unpaired) electrons. The molecular weight excluding hydrogens is 248 g/mol. The molecule has 1 aliphatic carbocycles. The van der Waals surface area contributed by atoms with Crippen molar-refractivity contribution in [2.24, 2.45) is 0 Å². The molecule has 3 rings (SSSR count). The Kier molecular flexibility index (Phi) is 2.31. The van der Waals surface area contributed by atoms with Gasteiger partial charge in [0.15, 0.2) is 0 Å². The van der Waals surface area contributed by atoms with Gasteiger partial charge in [-0.3, -0.25) is 0 Å². The maximum absolute atomic E-state index is 10.2. The van der Waals surface area contributed by atoms with E-state index in [9.17, 15) is 5.11 Å². The number of hydrogen-bond acceptors (Lipinski definition) is 3. The molecule has 17 heavy (non-hydrogen) atoms. The van der Waals surface area contributed by atoms with Gasteiger partial charge >= 0.3 is 0 Å². The van der Waals surface area contributed by atoms with Crippen LogP contribution in [0.15, 0.2) is 22.9 Å². The monoisotopic (exact) mass is 264 g/mol. The fraction of sp³-hybridized carbons (Fsp3) is 0.429. The summed E-state index contributed by atoms with van der Waals surface area (Å²) in [5.41, 5.74) is 2.12. The molecule has 0 spiro atoms. The molecule has 0 unspecified atom stereocenters. The van der Waals surface area contributed by atoms with Gasteiger partial charge in [0.05, 0.1) is 5.60 Å². The average Bonchev–Trinajstić information content (AvgIpc) is 2.85. The van der Waals surface area contributed by atoms with Gasteiger partial charge in [0.25, 0.3) is 0 Å². The highest BCUT2D eigenvalue weighted by Crippen LogP contribution is 2.56. The molecular formula is C14H16OS2. The first-order chi connectivity index (χ1) is 7.92. The molecule has 1 nitrogen and oxygen atoms in total. The lowest BCUT2D eigenvalue weighted by Crippen LogP contribution is -2.32. The summed E-state index contributed by atoms with van der Waals surface area (Å²) >= 11 is 3.63. The number of hydrogen-bond donors (Lipinski definition) is 1. The Balaban J connectivity index is 2.19. The van der Waals surface area contributed by atoms with Crippen LogP contribution in [0, 0.1) is 0 Å². The molecule has 3 heteroatoms. The highest BCUT2D eigenvalue weighted by Gasteiger charge is 2.43. The predicted molar refractivity (Wildman–Crippen MR) is 75.0 cm³/mol. The summed E-state index contributed by atoms with van der Waals surface area (Å²) in [5.74, 6) is 0. The molecule has 90 valence electrons. The minimum atomic E-state index is -0.641. The van der Waals surface area contributed by atoms with E-state index < -0.39 is 5.60 Å². The van der Waals surface area contributed by atoms with Crippen LogP contribution in [0.1, 0.15) is 38.3 Å². The minimum Gasteiger partial charge on any atom is -0.390 e. The molecule has 0 saturated carbocycles. The van der Waals surface area contributed by atoms with Crippen molar-refractivity contribution in [3.05, 3.63) is 34.0 Å². The second-order valence-electron chi connectivity index (χ2n) is 5.65. The molecule has 0 aromatic carbocycles. The maximum atomic E-state index is 10.2. The standard InChI is InChI=1S/C14H16OS2/c1-13(2,15)8-14(3)9-4-6-16-11(9)12-10(14)5-7-17-12/h4-7,15H,8H2,1-3H3. The van der Waals surface area contributed by atoms with Crippen molar-refractivity contribution < 1.29 is 5.11 Å². The van der Waals surface area contributed by atoms with Crippen molar-refractivity contribution in [2.75, 3.05) is 0 Å². The van der Waals surface area contributed by atoms with Crippen molar-refractivity contribution >= 4 is 22.7 Å². The van der Waals surface area contributed by atoms with Crippen molar-refractivity contribution in [3.8, 4) is 9.75 Å². The van der Waals surface area contributed by atoms with Gasteiger partial charge < -0.3 is 5.11 Å². The molecule has 0 saturated heterocycles. The van der Waals surface area contributed by atoms with Crippen LogP contribution in [0.2, 0.25) is 0 Å². The number of aliphatic hydroxyl groups is 1. The van der Waals surface area contributed by atoms with Crippen LogP contribution in [0.5, 0.6) is 0 Å². The molecule has 1 aliphatic rings. The van der Waals surface area contributed by atoms with Crippen molar-refractivity contribution in [1.29, 1.82) is 0 Å². The van der Waals surface area contributed by atoms with E-state index in [-0.39, 0.29) is 5.41 Å². The van der Waals surface area contributed by atoms with Crippen molar-refractivity contribution in [2.45, 2.75) is 38.2 Å². The largest absolute Gasteiger partial charge is 0.390 e. The Morgan fingerprint density at radius 3 is 2.00 bits per heavy atom. The quantitative estimate of drug-likeness (QED) is 0.859. The van der Waals surface area contributed by atoms with Crippen molar-refractivity contribution in [1.82, 2.24) is 0 Å². The van der Waals surface area contributed by atoms with E-state index in [1.165, 1.54) is 20.9 Å². The van der Waals surface area contributed by atoms with E-state index in [0.717, 1.165) is 6.42 Å². The Morgan fingerprint density at radius 2 is 1.59 bits per heavy atom. The van der Waals surface area contributed by atoms with E-state index in [2.05, 4.69) is 29.8 Å². The van der Waals surface area contributed by atoms with Gasteiger partial charge in [0.1, 0.15) is 0 Å². The molecule has 0 aliphatic heterocycles. The lowest BCUT2D eigenvalue weighted by atomic mass is 9.74. The first-order valence-electron chi connectivity index (χ1n) is 5.80. The topological polar surface area (TPSA) is 20.2 Å². The van der Waals surface area contributed by atoms with E-state index in [0.29, 0.717) is 0 Å². The lowest BCUT2D eigenvalue weighted by molar-refractivity contribution is 0.0543. The van der Waals surface area contributed by atoms with Crippen LogP contribution >= 0.6 is 22.7 Å². The molecule has 0 amide bonds. The van der Waals surface area contributed by atoms with E-state index >= 15 is 0 Å². The van der Waals surface area contributed by atoms with E-state index in [1.54, 1.807) is 0 Å². The SMILES string of the molecule is CC(C)(O)CC1(C)c2ccsc2-c2sccc21. The van der Waals surface area contributed by atoms with Gasteiger partial charge in [-0.15, -0.1) is 22.7 Å². The summed E-state index contributed by atoms with van der Waals surface area (Å²) in [6, 6.07) is 4.44. The number of thiophene rings is 2. The molecule has 2 heterocycles. The Labute approximate surface area is 110 Å². The van der Waals surface area contributed by atoms with E-state index in [4.69, 9.17) is 0 Å². The molecule has 0 atom stereocenters. The Morgan fingerprint density at radius 1 is 1.12 bits per heavy atom. The van der Waals surface area contributed by atoms with Crippen LogP contribution in [-0.4, -0.2) is 10.7 Å². The zero-order valence-electron chi connectivity index (χ0n) is 10.3. The van der Waals surface area contributed by atoms with Crippen molar-refractivity contribution in [3.63, 3.8) is 0 Å². The fourth-order valence-corrected chi connectivity index (χ4v) is 5.28. The second kappa shape index (κ2) is 3.44. The first-order valence-corrected chi connectivity index (χ1v) is 7.56. The normalized spacial score (nSPS) is 16.9. The molecule has 2 aromatic heterocycles. The Hall–Kier alpha value is -0.640. The second-order valence-corrected chi connectivity index (χ2v) is 7.48. The number of rotatable bonds is 2. The minimum absolute atomic E-state index is 0.0249. The lowest BCUT2D eigenvalue weighted by Gasteiger charge is -2.32. The van der Waals surface area contributed by atoms with Gasteiger partial charge in [-0.2, -0.15) is 0 Å². The third kappa shape index (κ3) is 1.60. The summed E-state index contributed by atoms with van der Waals surface area (Å²) in [4.78, 5) is 2.81. The maximum Gasteiger partial charge on any atom is 0.0603 e. The summed E-state index contributed by atoms with van der Waals surface area (Å²) in [6.45, 7) is 6.05.